The van der Waals surface area contributed by atoms with E-state index in [2.05, 4.69) is 54.6 Å². The van der Waals surface area contributed by atoms with E-state index in [9.17, 15) is 15.0 Å². The predicted molar refractivity (Wildman–Crippen MR) is 126 cm³/mol. The second-order valence-electron chi connectivity index (χ2n) is 13.6. The summed E-state index contributed by atoms with van der Waals surface area (Å²) in [4.78, 5) is 14.6. The zero-order chi connectivity index (χ0) is 23.5. The zero-order valence-electron chi connectivity index (χ0n) is 21.2. The minimum absolute atomic E-state index is 0.00443. The molecule has 0 aromatic carbocycles. The van der Waals surface area contributed by atoms with Gasteiger partial charge in [-0.1, -0.05) is 60.1 Å². The molecule has 0 radical (unpaired) electrons. The maximum absolute atomic E-state index is 14.6. The Morgan fingerprint density at radius 3 is 2.32 bits per heavy atom. The summed E-state index contributed by atoms with van der Waals surface area (Å²) in [6.45, 7) is 21.8. The smallest absolute Gasteiger partial charge is 0.192 e. The SMILES string of the molecule is CC1=C[C@]23C(=O)[C@@H]([C@H](O[Si](C)(C)C(C)(C)C)[C@H](C)[C@@H](O)[C@]2(O)C1)[C@@H]1[C@@H](C[C@H]3C)C1(C)C. The maximum Gasteiger partial charge on any atom is 0.192 e. The molecule has 9 atom stereocenters. The first-order valence-electron chi connectivity index (χ1n) is 12.2. The van der Waals surface area contributed by atoms with Crippen molar-refractivity contribution in [3.05, 3.63) is 11.6 Å². The fraction of sp³-hybridized carbons (Fsp3) is 0.885. The average Bonchev–Trinajstić information content (AvgIpc) is 3.04. The van der Waals surface area contributed by atoms with Gasteiger partial charge in [0.05, 0.1) is 17.6 Å². The van der Waals surface area contributed by atoms with E-state index in [-0.39, 0.29) is 46.0 Å². The van der Waals surface area contributed by atoms with E-state index in [4.69, 9.17) is 4.43 Å². The quantitative estimate of drug-likeness (QED) is 0.463. The van der Waals surface area contributed by atoms with Crippen molar-refractivity contribution in [1.29, 1.82) is 0 Å². The summed E-state index contributed by atoms with van der Waals surface area (Å²) >= 11 is 0. The van der Waals surface area contributed by atoms with Crippen LogP contribution in [0.3, 0.4) is 0 Å². The maximum atomic E-state index is 14.6. The lowest BCUT2D eigenvalue weighted by Gasteiger charge is -2.47. The van der Waals surface area contributed by atoms with Crippen LogP contribution in [0.4, 0.5) is 0 Å². The van der Waals surface area contributed by atoms with Crippen LogP contribution in [0.25, 0.3) is 0 Å². The molecular weight excluding hydrogens is 404 g/mol. The molecule has 4 nitrogen and oxygen atoms in total. The normalized spacial score (nSPS) is 49.0. The highest BCUT2D eigenvalue weighted by atomic mass is 28.4. The first kappa shape index (κ1) is 23.7. The van der Waals surface area contributed by atoms with Crippen LogP contribution >= 0.6 is 0 Å². The topological polar surface area (TPSA) is 66.8 Å². The molecule has 31 heavy (non-hydrogen) atoms. The number of rotatable bonds is 2. The number of hydrogen-bond acceptors (Lipinski definition) is 4. The second kappa shape index (κ2) is 6.55. The summed E-state index contributed by atoms with van der Waals surface area (Å²) in [5.74, 6) is 0.251. The number of aliphatic hydroxyl groups excluding tert-OH is 1. The molecule has 2 N–H and O–H groups in total. The molecule has 4 aliphatic carbocycles. The minimum atomic E-state index is -2.20. The molecule has 0 unspecified atom stereocenters. The van der Waals surface area contributed by atoms with Gasteiger partial charge in [0, 0.05) is 18.3 Å². The fourth-order valence-corrected chi connectivity index (χ4v) is 8.93. The first-order valence-corrected chi connectivity index (χ1v) is 15.1. The van der Waals surface area contributed by atoms with Crippen molar-refractivity contribution in [2.24, 2.45) is 40.4 Å². The van der Waals surface area contributed by atoms with Crippen molar-refractivity contribution in [3.8, 4) is 0 Å². The summed E-state index contributed by atoms with van der Waals surface area (Å²) in [5, 5.41) is 23.8. The Kier molecular flexibility index (Phi) is 5.00. The van der Waals surface area contributed by atoms with Gasteiger partial charge in [-0.25, -0.2) is 0 Å². The van der Waals surface area contributed by atoms with E-state index >= 15 is 0 Å². The molecule has 0 aliphatic heterocycles. The van der Waals surface area contributed by atoms with Gasteiger partial charge in [-0.3, -0.25) is 4.79 Å². The largest absolute Gasteiger partial charge is 0.413 e. The molecule has 1 spiro atoms. The van der Waals surface area contributed by atoms with Gasteiger partial charge in [-0.2, -0.15) is 0 Å². The monoisotopic (exact) mass is 448 g/mol. The van der Waals surface area contributed by atoms with Gasteiger partial charge in [0.2, 0.25) is 0 Å². The summed E-state index contributed by atoms with van der Waals surface area (Å²) in [7, 11) is -2.20. The van der Waals surface area contributed by atoms with E-state index in [1.54, 1.807) is 0 Å². The van der Waals surface area contributed by atoms with E-state index < -0.39 is 25.4 Å². The van der Waals surface area contributed by atoms with Gasteiger partial charge in [0.25, 0.3) is 0 Å². The van der Waals surface area contributed by atoms with Gasteiger partial charge in [0.1, 0.15) is 5.60 Å². The molecule has 0 amide bonds. The summed E-state index contributed by atoms with van der Waals surface area (Å²) < 4.78 is 7.00. The number of aliphatic hydroxyl groups is 2. The minimum Gasteiger partial charge on any atom is -0.413 e. The third kappa shape index (κ3) is 2.85. The Hall–Kier alpha value is -0.493. The van der Waals surface area contributed by atoms with Crippen molar-refractivity contribution in [3.63, 3.8) is 0 Å². The number of hydrogen-bond donors (Lipinski definition) is 2. The Morgan fingerprint density at radius 1 is 1.19 bits per heavy atom. The van der Waals surface area contributed by atoms with E-state index in [1.165, 1.54) is 0 Å². The summed E-state index contributed by atoms with van der Waals surface area (Å²) in [6.07, 6.45) is 1.97. The van der Waals surface area contributed by atoms with Crippen molar-refractivity contribution in [2.75, 3.05) is 0 Å². The molecule has 3 saturated carbocycles. The van der Waals surface area contributed by atoms with Crippen molar-refractivity contribution in [2.45, 2.75) is 104 Å². The Labute approximate surface area is 190 Å². The number of carbonyl (C=O) groups is 1. The van der Waals surface area contributed by atoms with E-state index in [0.29, 0.717) is 12.3 Å². The molecular formula is C26H44O4Si. The third-order valence-corrected chi connectivity index (χ3v) is 14.9. The molecule has 0 aromatic heterocycles. The summed E-state index contributed by atoms with van der Waals surface area (Å²) in [6, 6.07) is 0. The molecule has 176 valence electrons. The van der Waals surface area contributed by atoms with Crippen LogP contribution in [0, 0.1) is 40.4 Å². The van der Waals surface area contributed by atoms with Crippen molar-refractivity contribution in [1.82, 2.24) is 0 Å². The van der Waals surface area contributed by atoms with Crippen LogP contribution in [0.1, 0.15) is 68.2 Å². The predicted octanol–water partition coefficient (Wildman–Crippen LogP) is 4.95. The highest BCUT2D eigenvalue weighted by Gasteiger charge is 2.76. The Balaban J connectivity index is 1.92. The van der Waals surface area contributed by atoms with Crippen LogP contribution in [0.5, 0.6) is 0 Å². The molecule has 2 bridgehead atoms. The Morgan fingerprint density at radius 2 is 1.77 bits per heavy atom. The molecule has 0 saturated heterocycles. The molecule has 4 aliphatic rings. The molecule has 0 heterocycles. The standard InChI is InChI=1S/C26H44O4Si/c1-14-12-25-15(2)11-17-19(24(17,7)8)18(22(25)28)20(30-31(9,10)23(4,5)6)16(3)21(27)26(25,29)13-14/h12,15-21,27,29H,11,13H2,1-10H3/t15-,16+,17-,18-,19+,20-,21-,25+,26-/m1/s1. The lowest BCUT2D eigenvalue weighted by atomic mass is 9.60. The number of ketones is 1. The van der Waals surface area contributed by atoms with Crippen molar-refractivity contribution < 1.29 is 19.4 Å². The first-order chi connectivity index (χ1) is 13.9. The fourth-order valence-electron chi connectivity index (χ4n) is 7.53. The van der Waals surface area contributed by atoms with Crippen molar-refractivity contribution >= 4 is 14.1 Å². The van der Waals surface area contributed by atoms with E-state index in [0.717, 1.165) is 12.0 Å². The highest BCUT2D eigenvalue weighted by Crippen LogP contribution is 2.72. The van der Waals surface area contributed by atoms with Gasteiger partial charge in [0.15, 0.2) is 14.1 Å². The molecule has 5 heteroatoms. The second-order valence-corrected chi connectivity index (χ2v) is 18.3. The number of carbonyl (C=O) groups excluding carboxylic acids is 1. The van der Waals surface area contributed by atoms with E-state index in [1.807, 2.05) is 19.9 Å². The van der Waals surface area contributed by atoms with Gasteiger partial charge in [-0.15, -0.1) is 0 Å². The van der Waals surface area contributed by atoms with Crippen LogP contribution in [0.15, 0.2) is 11.6 Å². The summed E-state index contributed by atoms with van der Waals surface area (Å²) in [5.41, 5.74) is -1.34. The van der Waals surface area contributed by atoms with Gasteiger partial charge in [-0.05, 0) is 54.6 Å². The zero-order valence-corrected chi connectivity index (χ0v) is 22.2. The lowest BCUT2D eigenvalue weighted by molar-refractivity contribution is -0.173. The lowest BCUT2D eigenvalue weighted by Crippen LogP contribution is -2.60. The van der Waals surface area contributed by atoms with Gasteiger partial charge >= 0.3 is 0 Å². The molecule has 3 fully saturated rings. The van der Waals surface area contributed by atoms with Crippen LogP contribution in [-0.4, -0.2) is 42.1 Å². The number of fused-ring (bicyclic) bond motifs is 3. The van der Waals surface area contributed by atoms with Crippen LogP contribution in [-0.2, 0) is 9.22 Å². The molecule has 4 rings (SSSR count). The molecule has 0 aromatic rings. The number of Topliss-reactive ketones (excluding diaryl/α,β-unsaturated/α-hetero) is 1. The highest BCUT2D eigenvalue weighted by molar-refractivity contribution is 6.74. The van der Waals surface area contributed by atoms with Crippen LogP contribution < -0.4 is 0 Å². The van der Waals surface area contributed by atoms with Gasteiger partial charge < -0.3 is 14.6 Å². The Bertz CT molecular complexity index is 824. The average molecular weight is 449 g/mol. The third-order valence-electron chi connectivity index (χ3n) is 10.5. The van der Waals surface area contributed by atoms with Crippen LogP contribution in [0.2, 0.25) is 18.1 Å².